The second-order valence-electron chi connectivity index (χ2n) is 18.0. The van der Waals surface area contributed by atoms with Gasteiger partial charge in [0.15, 0.2) is 39.1 Å². The van der Waals surface area contributed by atoms with E-state index in [-0.39, 0.29) is 72.9 Å². The molecule has 298 valence electrons. The molecule has 0 spiro atoms. The molecule has 0 aromatic heterocycles. The summed E-state index contributed by atoms with van der Waals surface area (Å²) in [6.07, 6.45) is 0.208. The largest absolute Gasteiger partial charge is 0.491 e. The van der Waals surface area contributed by atoms with Gasteiger partial charge in [0.2, 0.25) is 0 Å². The molecule has 2 fully saturated rings. The first-order valence-corrected chi connectivity index (χ1v) is 32.6. The summed E-state index contributed by atoms with van der Waals surface area (Å²) in [5.41, 5.74) is 0.499. The fourth-order valence-corrected chi connectivity index (χ4v) is 13.4. The number of carbonyl (C=O) groups excluding carboxylic acids is 2. The maximum Gasteiger partial charge on any atom is 0.192 e. The topological polar surface area (TPSA) is 102 Å². The molecule has 1 aromatic rings. The number of hydrogen-bond donors (Lipinski definition) is 0. The summed E-state index contributed by atoms with van der Waals surface area (Å²) in [4.78, 5) is 26.8. The van der Waals surface area contributed by atoms with E-state index in [0.29, 0.717) is 37.6 Å². The summed E-state index contributed by atoms with van der Waals surface area (Å²) in [5, 5.41) is 0. The van der Waals surface area contributed by atoms with Gasteiger partial charge >= 0.3 is 0 Å². The van der Waals surface area contributed by atoms with Crippen LogP contribution in [-0.4, -0.2) is 101 Å². The smallest absolute Gasteiger partial charge is 0.192 e. The maximum atomic E-state index is 13.5. The van der Waals surface area contributed by atoms with Crippen molar-refractivity contribution in [2.75, 3.05) is 19.8 Å². The summed E-state index contributed by atoms with van der Waals surface area (Å²) >= 11 is 0. The summed E-state index contributed by atoms with van der Waals surface area (Å²) in [6, 6.07) is 10.4. The van der Waals surface area contributed by atoms with Gasteiger partial charge in [-0.2, -0.15) is 0 Å². The predicted molar refractivity (Wildman–Crippen MR) is 220 cm³/mol. The van der Waals surface area contributed by atoms with Gasteiger partial charge in [-0.25, -0.2) is 0 Å². The van der Waals surface area contributed by atoms with Gasteiger partial charge < -0.3 is 31.9 Å². The van der Waals surface area contributed by atoms with Gasteiger partial charge in [0.05, 0.1) is 50.2 Å². The van der Waals surface area contributed by atoms with Crippen LogP contribution < -0.4 is 4.74 Å². The zero-order valence-electron chi connectivity index (χ0n) is 35.0. The van der Waals surface area contributed by atoms with E-state index < -0.39 is 33.3 Å². The molecule has 1 aromatic carbocycles. The highest BCUT2D eigenvalue weighted by Crippen LogP contribution is 2.40. The maximum absolute atomic E-state index is 13.5. The minimum Gasteiger partial charge on any atom is -0.491 e. The third-order valence-electron chi connectivity index (χ3n) is 10.3. The number of ketones is 2. The van der Waals surface area contributed by atoms with Crippen LogP contribution >= 0.6 is 0 Å². The first-order chi connectivity index (χ1) is 24.1. The molecule has 2 saturated heterocycles. The van der Waals surface area contributed by atoms with Gasteiger partial charge in [-0.3, -0.25) is 9.59 Å². The van der Waals surface area contributed by atoms with E-state index in [4.69, 9.17) is 31.9 Å². The number of benzene rings is 1. The Morgan fingerprint density at radius 2 is 1.37 bits per heavy atom. The van der Waals surface area contributed by atoms with Crippen molar-refractivity contribution in [3.05, 3.63) is 29.8 Å². The first-order valence-electron chi connectivity index (χ1n) is 19.8. The molecule has 13 heteroatoms. The van der Waals surface area contributed by atoms with Crippen LogP contribution in [0.4, 0.5) is 0 Å². The average Bonchev–Trinajstić information content (AvgIpc) is 3.81. The minimum absolute atomic E-state index is 0.0678. The normalized spacial score (nSPS) is 25.4. The van der Waals surface area contributed by atoms with Crippen LogP contribution in [0.2, 0.25) is 77.1 Å². The lowest BCUT2D eigenvalue weighted by atomic mass is 9.85. The lowest BCUT2D eigenvalue weighted by Crippen LogP contribution is -2.58. The molecule has 8 atom stereocenters. The van der Waals surface area contributed by atoms with Crippen molar-refractivity contribution < 1.29 is 41.5 Å². The lowest BCUT2D eigenvalue weighted by Gasteiger charge is -2.47. The molecule has 52 heavy (non-hydrogen) atoms. The van der Waals surface area contributed by atoms with Crippen molar-refractivity contribution in [1.29, 1.82) is 0 Å². The zero-order chi connectivity index (χ0) is 39.1. The van der Waals surface area contributed by atoms with E-state index >= 15 is 0 Å². The van der Waals surface area contributed by atoms with Crippen LogP contribution in [0.15, 0.2) is 24.3 Å². The van der Waals surface area contributed by atoms with Crippen molar-refractivity contribution >= 4 is 44.8 Å². The highest BCUT2D eigenvalue weighted by molar-refractivity contribution is 6.73. The van der Waals surface area contributed by atoms with E-state index in [9.17, 15) is 9.59 Å². The van der Waals surface area contributed by atoms with Gasteiger partial charge in [0, 0.05) is 36.3 Å². The van der Waals surface area contributed by atoms with Crippen LogP contribution in [-0.2, 0) is 32.0 Å². The fourth-order valence-electron chi connectivity index (χ4n) is 7.24. The monoisotopic (exact) mass is 796 g/mol. The second-order valence-corrected chi connectivity index (χ2v) is 36.2. The number of Topliss-reactive ketones (excluding diaryl/α,β-unsaturated/α-hetero) is 2. The third-order valence-corrected chi connectivity index (χ3v) is 18.0. The lowest BCUT2D eigenvalue weighted by molar-refractivity contribution is -0.158. The van der Waals surface area contributed by atoms with Crippen molar-refractivity contribution in [2.45, 2.75) is 168 Å². The molecule has 0 bridgehead atoms. The van der Waals surface area contributed by atoms with E-state index in [1.165, 1.54) is 0 Å². The number of hydrogen-bond acceptors (Lipinski definition) is 9. The first kappa shape index (κ1) is 45.4. The van der Waals surface area contributed by atoms with Crippen LogP contribution in [0.1, 0.15) is 64.2 Å². The summed E-state index contributed by atoms with van der Waals surface area (Å²) in [6.45, 7) is 32.1. The Bertz CT molecular complexity index is 1260. The van der Waals surface area contributed by atoms with Gasteiger partial charge in [0.1, 0.15) is 18.1 Å². The highest BCUT2D eigenvalue weighted by atomic mass is 28.4. The van der Waals surface area contributed by atoms with Gasteiger partial charge in [-0.15, -0.1) is 0 Å². The Hall–Kier alpha value is -1.01. The summed E-state index contributed by atoms with van der Waals surface area (Å²) in [7, 11) is -7.42. The van der Waals surface area contributed by atoms with Crippen molar-refractivity contribution in [3.8, 4) is 5.75 Å². The molecule has 0 unspecified atom stereocenters. The van der Waals surface area contributed by atoms with E-state index in [1.807, 2.05) is 0 Å². The molecule has 2 aliphatic rings. The molecule has 0 radical (unpaired) electrons. The summed E-state index contributed by atoms with van der Waals surface area (Å²) < 4.78 is 45.1. The van der Waals surface area contributed by atoms with Crippen LogP contribution in [0, 0.1) is 11.8 Å². The molecule has 2 aliphatic heterocycles. The molecule has 0 N–H and O–H groups in total. The number of rotatable bonds is 23. The molecule has 9 nitrogen and oxygen atoms in total. The Balaban J connectivity index is 1.63. The predicted octanol–water partition coefficient (Wildman–Crippen LogP) is 9.11. The van der Waals surface area contributed by atoms with Crippen molar-refractivity contribution in [1.82, 2.24) is 0 Å². The molecule has 3 rings (SSSR count). The Labute approximate surface area is 320 Å². The molecule has 0 aliphatic carbocycles. The SMILES string of the molecule is CC[Si](CC)(CC)OCCOc1ccc(C(=O)CC(=O)C[C@H]2CO[C@@H](C[C@@H]3O[C@H]3[C@H](C)[C@H](C)O[Si](C)(C)C)[C@@H](O[Si](C)(C)C)[C@@H]2O[Si](C)(C)C)cc1. The molecule has 0 amide bonds. The molecule has 0 saturated carbocycles. The van der Waals surface area contributed by atoms with E-state index in [0.717, 1.165) is 18.1 Å². The Morgan fingerprint density at radius 3 is 1.90 bits per heavy atom. The van der Waals surface area contributed by atoms with Crippen LogP contribution in [0.3, 0.4) is 0 Å². The standard InChI is InChI=1S/C39H72O9Si4/c1-15-52(16-2,17-3)44-23-22-42-33-20-18-30(19-21-33)34(41)25-32(40)24-31-27-43-35(39(48-51(12,13)14)38(31)47-50(9,10)11)26-36-37(45-36)28(4)29(5)46-49(6,7)8/h18-21,28-29,31,35-39H,15-17,22-27H2,1-14H3/t28-,29+,31+,35+,36+,37+,38-,39-/m1/s1. The Morgan fingerprint density at radius 1 is 0.788 bits per heavy atom. The minimum atomic E-state index is -2.06. The van der Waals surface area contributed by atoms with Crippen molar-refractivity contribution in [3.63, 3.8) is 0 Å². The molecule has 2 heterocycles. The highest BCUT2D eigenvalue weighted by Gasteiger charge is 2.52. The van der Waals surface area contributed by atoms with Gasteiger partial charge in [-0.05, 0) is 108 Å². The van der Waals surface area contributed by atoms with E-state index in [1.54, 1.807) is 24.3 Å². The quantitative estimate of drug-likeness (QED) is 0.0353. The molecular formula is C39H72O9Si4. The zero-order valence-corrected chi connectivity index (χ0v) is 39.0. The van der Waals surface area contributed by atoms with Crippen molar-refractivity contribution in [2.24, 2.45) is 11.8 Å². The van der Waals surface area contributed by atoms with Gasteiger partial charge in [0.25, 0.3) is 0 Å². The Kier molecular flexibility index (Phi) is 16.8. The van der Waals surface area contributed by atoms with E-state index in [2.05, 4.69) is 93.5 Å². The number of epoxide rings is 1. The number of ether oxygens (including phenoxy) is 3. The van der Waals surface area contributed by atoms with Crippen LogP contribution in [0.25, 0.3) is 0 Å². The molecular weight excluding hydrogens is 725 g/mol. The van der Waals surface area contributed by atoms with Gasteiger partial charge in [-0.1, -0.05) is 27.7 Å². The van der Waals surface area contributed by atoms with Crippen LogP contribution in [0.5, 0.6) is 5.75 Å². The fraction of sp³-hybridized carbons (Fsp3) is 0.795. The third kappa shape index (κ3) is 14.6. The average molecular weight is 797 g/mol. The number of carbonyl (C=O) groups is 2. The second kappa shape index (κ2) is 19.2. The summed E-state index contributed by atoms with van der Waals surface area (Å²) in [5.74, 6) is 0.430.